The first kappa shape index (κ1) is 16.9. The number of carbonyl (C=O) groups is 1. The smallest absolute Gasteiger partial charge is 0.251 e. The Morgan fingerprint density at radius 1 is 1.10 bits per heavy atom. The number of para-hydroxylation sites is 1. The Labute approximate surface area is 168 Å². The average molecular weight is 389 g/mol. The van der Waals surface area contributed by atoms with Gasteiger partial charge in [-0.05, 0) is 49.1 Å². The Bertz CT molecular complexity index is 1110. The van der Waals surface area contributed by atoms with E-state index < -0.39 is 0 Å². The van der Waals surface area contributed by atoms with Crippen LogP contribution in [0.1, 0.15) is 40.5 Å². The molecule has 6 heteroatoms. The SMILES string of the molecule is O=C(N[C@@H]1CCN2CCc3c([nH]c4ccccc34)[C@@H]2C1)c1ccc2c(c1)OCO2. The molecule has 2 atom stereocenters. The van der Waals surface area contributed by atoms with Crippen molar-refractivity contribution in [3.8, 4) is 11.5 Å². The van der Waals surface area contributed by atoms with Gasteiger partial charge in [0.25, 0.3) is 5.91 Å². The maximum atomic E-state index is 12.8. The second-order valence-electron chi connectivity index (χ2n) is 8.13. The number of fused-ring (bicyclic) bond motifs is 6. The van der Waals surface area contributed by atoms with E-state index in [-0.39, 0.29) is 18.7 Å². The van der Waals surface area contributed by atoms with Gasteiger partial charge in [-0.3, -0.25) is 9.69 Å². The minimum atomic E-state index is -0.0468. The van der Waals surface area contributed by atoms with Crippen LogP contribution >= 0.6 is 0 Å². The van der Waals surface area contributed by atoms with Crippen LogP contribution in [0.3, 0.4) is 0 Å². The zero-order chi connectivity index (χ0) is 19.4. The number of H-pyrrole nitrogens is 1. The molecule has 0 radical (unpaired) electrons. The fourth-order valence-corrected chi connectivity index (χ4v) is 5.05. The normalized spacial score (nSPS) is 22.9. The van der Waals surface area contributed by atoms with Crippen LogP contribution in [0, 0.1) is 0 Å². The first-order chi connectivity index (χ1) is 14.3. The topological polar surface area (TPSA) is 66.6 Å². The van der Waals surface area contributed by atoms with E-state index in [0.29, 0.717) is 23.1 Å². The van der Waals surface area contributed by atoms with Gasteiger partial charge in [-0.25, -0.2) is 0 Å². The second kappa shape index (κ2) is 6.52. The first-order valence-corrected chi connectivity index (χ1v) is 10.3. The molecule has 3 aromatic rings. The molecular weight excluding hydrogens is 366 g/mol. The Kier molecular flexibility index (Phi) is 3.81. The van der Waals surface area contributed by atoms with Gasteiger partial charge in [0, 0.05) is 41.3 Å². The molecule has 1 amide bonds. The van der Waals surface area contributed by atoms with E-state index in [9.17, 15) is 4.79 Å². The Balaban J connectivity index is 1.23. The van der Waals surface area contributed by atoms with Crippen molar-refractivity contribution in [1.82, 2.24) is 15.2 Å². The number of amides is 1. The zero-order valence-electron chi connectivity index (χ0n) is 16.1. The monoisotopic (exact) mass is 389 g/mol. The predicted octanol–water partition coefficient (Wildman–Crippen LogP) is 3.39. The van der Waals surface area contributed by atoms with Gasteiger partial charge in [0.2, 0.25) is 6.79 Å². The summed E-state index contributed by atoms with van der Waals surface area (Å²) in [5, 5.41) is 4.59. The van der Waals surface area contributed by atoms with Crippen LogP contribution in [0.25, 0.3) is 10.9 Å². The third kappa shape index (κ3) is 2.78. The van der Waals surface area contributed by atoms with Crippen LogP contribution in [-0.4, -0.2) is 41.7 Å². The van der Waals surface area contributed by atoms with Gasteiger partial charge in [-0.1, -0.05) is 18.2 Å². The van der Waals surface area contributed by atoms with Crippen molar-refractivity contribution >= 4 is 16.8 Å². The van der Waals surface area contributed by atoms with Crippen molar-refractivity contribution in [3.05, 3.63) is 59.3 Å². The molecule has 29 heavy (non-hydrogen) atoms. The predicted molar refractivity (Wildman–Crippen MR) is 109 cm³/mol. The maximum absolute atomic E-state index is 12.8. The van der Waals surface area contributed by atoms with E-state index in [1.807, 2.05) is 0 Å². The first-order valence-electron chi connectivity index (χ1n) is 10.3. The highest BCUT2D eigenvalue weighted by atomic mass is 16.7. The van der Waals surface area contributed by atoms with Gasteiger partial charge >= 0.3 is 0 Å². The summed E-state index contributed by atoms with van der Waals surface area (Å²) >= 11 is 0. The molecule has 6 nitrogen and oxygen atoms in total. The van der Waals surface area contributed by atoms with Crippen molar-refractivity contribution in [3.63, 3.8) is 0 Å². The second-order valence-corrected chi connectivity index (χ2v) is 8.13. The van der Waals surface area contributed by atoms with E-state index in [1.54, 1.807) is 18.2 Å². The third-order valence-electron chi connectivity index (χ3n) is 6.51. The van der Waals surface area contributed by atoms with E-state index in [2.05, 4.69) is 39.5 Å². The van der Waals surface area contributed by atoms with Crippen molar-refractivity contribution in [1.29, 1.82) is 0 Å². The number of nitrogens with one attached hydrogen (secondary N) is 2. The lowest BCUT2D eigenvalue weighted by Crippen LogP contribution is -2.48. The number of benzene rings is 2. The molecule has 3 aliphatic rings. The van der Waals surface area contributed by atoms with Crippen LogP contribution in [0.2, 0.25) is 0 Å². The van der Waals surface area contributed by atoms with Gasteiger partial charge in [0.05, 0.1) is 6.04 Å². The number of nitrogens with zero attached hydrogens (tertiary/aromatic N) is 1. The fourth-order valence-electron chi connectivity index (χ4n) is 5.05. The molecule has 2 N–H and O–H groups in total. The summed E-state index contributed by atoms with van der Waals surface area (Å²) in [7, 11) is 0. The van der Waals surface area contributed by atoms with Crippen LogP contribution in [0.5, 0.6) is 11.5 Å². The van der Waals surface area contributed by atoms with Crippen molar-refractivity contribution in [2.75, 3.05) is 19.9 Å². The minimum absolute atomic E-state index is 0.0468. The van der Waals surface area contributed by atoms with Crippen molar-refractivity contribution < 1.29 is 14.3 Å². The molecule has 4 heterocycles. The number of aromatic nitrogens is 1. The lowest BCUT2D eigenvalue weighted by atomic mass is 9.88. The molecule has 2 aromatic carbocycles. The van der Waals surface area contributed by atoms with Gasteiger partial charge in [-0.15, -0.1) is 0 Å². The van der Waals surface area contributed by atoms with Crippen molar-refractivity contribution in [2.45, 2.75) is 31.3 Å². The summed E-state index contributed by atoms with van der Waals surface area (Å²) in [4.78, 5) is 19.1. The number of hydrogen-bond donors (Lipinski definition) is 2. The van der Waals surface area contributed by atoms with Gasteiger partial charge < -0.3 is 19.8 Å². The third-order valence-corrected chi connectivity index (χ3v) is 6.51. The molecule has 0 saturated carbocycles. The molecule has 1 saturated heterocycles. The minimum Gasteiger partial charge on any atom is -0.454 e. The van der Waals surface area contributed by atoms with Crippen LogP contribution in [-0.2, 0) is 6.42 Å². The number of piperidine rings is 1. The van der Waals surface area contributed by atoms with E-state index in [0.717, 1.165) is 32.4 Å². The standard InChI is InChI=1S/C23H23N3O3/c27-23(14-5-6-20-21(11-14)29-13-28-20)24-15-7-9-26-10-8-17-16-3-1-2-4-18(16)25-22(17)19(26)12-15/h1-6,11,15,19,25H,7-10,12-13H2,(H,24,27)/t15-,19+/m1/s1. The highest BCUT2D eigenvalue weighted by Gasteiger charge is 2.36. The van der Waals surface area contributed by atoms with Crippen LogP contribution in [0.4, 0.5) is 0 Å². The maximum Gasteiger partial charge on any atom is 0.251 e. The highest BCUT2D eigenvalue weighted by Crippen LogP contribution is 2.39. The number of rotatable bonds is 2. The molecule has 1 fully saturated rings. The van der Waals surface area contributed by atoms with E-state index in [4.69, 9.17) is 9.47 Å². The molecule has 0 aliphatic carbocycles. The van der Waals surface area contributed by atoms with E-state index >= 15 is 0 Å². The molecular formula is C23H23N3O3. The van der Waals surface area contributed by atoms with Gasteiger partial charge in [0.1, 0.15) is 0 Å². The van der Waals surface area contributed by atoms with E-state index in [1.165, 1.54) is 22.2 Å². The molecule has 0 spiro atoms. The van der Waals surface area contributed by atoms with Crippen LogP contribution < -0.4 is 14.8 Å². The number of ether oxygens (including phenoxy) is 2. The molecule has 3 aliphatic heterocycles. The van der Waals surface area contributed by atoms with Crippen LogP contribution in [0.15, 0.2) is 42.5 Å². The molecule has 148 valence electrons. The quantitative estimate of drug-likeness (QED) is 0.705. The summed E-state index contributed by atoms with van der Waals surface area (Å²) in [6.07, 6.45) is 2.99. The number of hydrogen-bond acceptors (Lipinski definition) is 4. The number of carbonyl (C=O) groups excluding carboxylic acids is 1. The van der Waals surface area contributed by atoms with Gasteiger partial charge in [0.15, 0.2) is 11.5 Å². The summed E-state index contributed by atoms with van der Waals surface area (Å²) in [5.41, 5.74) is 4.61. The average Bonchev–Trinajstić information content (AvgIpc) is 3.37. The molecule has 6 rings (SSSR count). The number of aromatic amines is 1. The summed E-state index contributed by atoms with van der Waals surface area (Å²) in [6.45, 7) is 2.31. The van der Waals surface area contributed by atoms with Gasteiger partial charge in [-0.2, -0.15) is 0 Å². The lowest BCUT2D eigenvalue weighted by molar-refractivity contribution is 0.0839. The zero-order valence-corrected chi connectivity index (χ0v) is 16.1. The summed E-state index contributed by atoms with van der Waals surface area (Å²) in [6, 6.07) is 14.4. The molecule has 0 bridgehead atoms. The summed E-state index contributed by atoms with van der Waals surface area (Å²) < 4.78 is 10.7. The largest absolute Gasteiger partial charge is 0.454 e. The summed E-state index contributed by atoms with van der Waals surface area (Å²) in [5.74, 6) is 1.29. The molecule has 0 unspecified atom stereocenters. The Hall–Kier alpha value is -2.99. The lowest BCUT2D eigenvalue weighted by Gasteiger charge is -2.42. The molecule has 1 aromatic heterocycles. The fraction of sp³-hybridized carbons (Fsp3) is 0.348. The Morgan fingerprint density at radius 2 is 2.00 bits per heavy atom. The highest BCUT2D eigenvalue weighted by molar-refractivity contribution is 5.95. The Morgan fingerprint density at radius 3 is 2.97 bits per heavy atom. The van der Waals surface area contributed by atoms with Crippen molar-refractivity contribution in [2.24, 2.45) is 0 Å².